The molecule has 0 aromatic rings. The molecule has 0 saturated carbocycles. The predicted octanol–water partition coefficient (Wildman–Crippen LogP) is 2.03. The minimum Gasteiger partial charge on any atom is -0.301 e. The second-order valence-corrected chi connectivity index (χ2v) is 4.08. The van der Waals surface area contributed by atoms with Gasteiger partial charge in [0, 0.05) is 6.42 Å². The second kappa shape index (κ2) is 10.6. The van der Waals surface area contributed by atoms with Crippen LogP contribution in [-0.4, -0.2) is 23.7 Å². The van der Waals surface area contributed by atoms with Gasteiger partial charge in [0.05, 0.1) is 6.54 Å². The number of hydrogen-bond donors (Lipinski definition) is 1. The Balaban J connectivity index is 3.30. The van der Waals surface area contributed by atoms with E-state index in [2.05, 4.69) is 6.92 Å². The summed E-state index contributed by atoms with van der Waals surface area (Å²) >= 11 is 0. The smallest absolute Gasteiger partial charge is 0.236 e. The Hall–Kier alpha value is -0.900. The van der Waals surface area contributed by atoms with Crippen molar-refractivity contribution in [2.24, 2.45) is 5.84 Å². The van der Waals surface area contributed by atoms with Gasteiger partial charge in [-0.1, -0.05) is 45.4 Å². The van der Waals surface area contributed by atoms with Crippen molar-refractivity contribution in [3.05, 3.63) is 0 Å². The zero-order valence-corrected chi connectivity index (χ0v) is 10.3. The van der Waals surface area contributed by atoms with Crippen molar-refractivity contribution < 1.29 is 9.59 Å². The van der Waals surface area contributed by atoms with Crippen LogP contribution in [0.25, 0.3) is 0 Å². The molecule has 0 fully saturated rings. The maximum atomic E-state index is 11.3. The van der Waals surface area contributed by atoms with Gasteiger partial charge in [0.2, 0.25) is 5.91 Å². The van der Waals surface area contributed by atoms with Crippen LogP contribution in [-0.2, 0) is 9.59 Å². The number of amides is 1. The molecule has 4 nitrogen and oxygen atoms in total. The summed E-state index contributed by atoms with van der Waals surface area (Å²) in [6.07, 6.45) is 9.33. The lowest BCUT2D eigenvalue weighted by Gasteiger charge is -2.12. The van der Waals surface area contributed by atoms with Crippen LogP contribution in [0.1, 0.15) is 58.3 Å². The highest BCUT2D eigenvalue weighted by molar-refractivity contribution is 5.77. The number of carbonyl (C=O) groups is 2. The van der Waals surface area contributed by atoms with E-state index in [9.17, 15) is 9.59 Å². The van der Waals surface area contributed by atoms with Crippen molar-refractivity contribution in [1.29, 1.82) is 0 Å². The number of hydrazine groups is 1. The van der Waals surface area contributed by atoms with Crippen molar-refractivity contribution in [2.75, 3.05) is 6.54 Å². The van der Waals surface area contributed by atoms with Crippen molar-refractivity contribution in [2.45, 2.75) is 58.3 Å². The normalized spacial score (nSPS) is 10.1. The largest absolute Gasteiger partial charge is 0.301 e. The first-order valence-corrected chi connectivity index (χ1v) is 6.21. The van der Waals surface area contributed by atoms with Crippen LogP contribution in [0.5, 0.6) is 0 Å². The molecule has 0 rings (SSSR count). The molecule has 94 valence electrons. The van der Waals surface area contributed by atoms with Gasteiger partial charge in [0.25, 0.3) is 0 Å². The average Bonchev–Trinajstić information content (AvgIpc) is 2.28. The van der Waals surface area contributed by atoms with Crippen LogP contribution in [0.3, 0.4) is 0 Å². The topological polar surface area (TPSA) is 63.4 Å². The van der Waals surface area contributed by atoms with E-state index in [0.29, 0.717) is 12.7 Å². The van der Waals surface area contributed by atoms with E-state index in [1.54, 1.807) is 0 Å². The number of rotatable bonds is 10. The standard InChI is InChI=1S/C12H24N2O2/c1-2-3-4-5-6-7-8-9-12(16)14(13)10-11-15/h11H,2-10,13H2,1H3. The number of hydrogen-bond acceptors (Lipinski definition) is 3. The molecular formula is C12H24N2O2. The Morgan fingerprint density at radius 3 is 2.25 bits per heavy atom. The van der Waals surface area contributed by atoms with Gasteiger partial charge in [-0.05, 0) is 6.42 Å². The molecule has 0 unspecified atom stereocenters. The lowest BCUT2D eigenvalue weighted by molar-refractivity contribution is -0.133. The molecule has 4 heteroatoms. The van der Waals surface area contributed by atoms with Crippen molar-refractivity contribution >= 4 is 12.2 Å². The van der Waals surface area contributed by atoms with E-state index >= 15 is 0 Å². The molecule has 0 bridgehead atoms. The first kappa shape index (κ1) is 15.1. The quantitative estimate of drug-likeness (QED) is 0.204. The summed E-state index contributed by atoms with van der Waals surface area (Å²) in [5, 5.41) is 0.990. The zero-order valence-electron chi connectivity index (χ0n) is 10.3. The first-order chi connectivity index (χ1) is 7.72. The molecule has 0 aromatic heterocycles. The summed E-state index contributed by atoms with van der Waals surface area (Å²) in [5.41, 5.74) is 0. The Morgan fingerprint density at radius 1 is 1.12 bits per heavy atom. The highest BCUT2D eigenvalue weighted by Gasteiger charge is 2.07. The summed E-state index contributed by atoms with van der Waals surface area (Å²) in [4.78, 5) is 21.4. The average molecular weight is 228 g/mol. The Morgan fingerprint density at radius 2 is 1.69 bits per heavy atom. The fourth-order valence-electron chi connectivity index (χ4n) is 1.56. The molecule has 0 aliphatic rings. The molecule has 0 aliphatic carbocycles. The van der Waals surface area contributed by atoms with Crippen molar-refractivity contribution in [1.82, 2.24) is 5.01 Å². The number of carbonyl (C=O) groups excluding carboxylic acids is 2. The summed E-state index contributed by atoms with van der Waals surface area (Å²) < 4.78 is 0. The molecule has 2 N–H and O–H groups in total. The Labute approximate surface area is 98.1 Å². The highest BCUT2D eigenvalue weighted by Crippen LogP contribution is 2.08. The molecule has 0 aliphatic heterocycles. The fourth-order valence-corrected chi connectivity index (χ4v) is 1.56. The van der Waals surface area contributed by atoms with Crippen LogP contribution >= 0.6 is 0 Å². The Bertz CT molecular complexity index is 195. The van der Waals surface area contributed by atoms with E-state index in [1.807, 2.05) is 0 Å². The van der Waals surface area contributed by atoms with Crippen LogP contribution in [0, 0.1) is 0 Å². The zero-order chi connectivity index (χ0) is 12.2. The number of unbranched alkanes of at least 4 members (excludes halogenated alkanes) is 6. The summed E-state index contributed by atoms with van der Waals surface area (Å²) in [5.74, 6) is 5.22. The predicted molar refractivity (Wildman–Crippen MR) is 64.6 cm³/mol. The lowest BCUT2D eigenvalue weighted by atomic mass is 10.1. The van der Waals surface area contributed by atoms with Crippen molar-refractivity contribution in [3.63, 3.8) is 0 Å². The molecule has 0 radical (unpaired) electrons. The van der Waals surface area contributed by atoms with Gasteiger partial charge in [0.15, 0.2) is 0 Å². The molecule has 0 spiro atoms. The lowest BCUT2D eigenvalue weighted by Crippen LogP contribution is -2.38. The first-order valence-electron chi connectivity index (χ1n) is 6.21. The SMILES string of the molecule is CCCCCCCCCC(=O)N(N)CC=O. The van der Waals surface area contributed by atoms with Crippen LogP contribution in [0.15, 0.2) is 0 Å². The molecule has 0 saturated heterocycles. The third-order valence-electron chi connectivity index (χ3n) is 2.59. The Kier molecular flexibility index (Phi) is 10.0. The van der Waals surface area contributed by atoms with Gasteiger partial charge in [0.1, 0.15) is 6.29 Å². The molecule has 16 heavy (non-hydrogen) atoms. The minimum absolute atomic E-state index is 0.00463. The second-order valence-electron chi connectivity index (χ2n) is 4.08. The third-order valence-corrected chi connectivity index (χ3v) is 2.59. The number of nitrogens with two attached hydrogens (primary N) is 1. The van der Waals surface area contributed by atoms with E-state index in [0.717, 1.165) is 17.9 Å². The molecular weight excluding hydrogens is 204 g/mol. The maximum absolute atomic E-state index is 11.3. The molecule has 0 atom stereocenters. The summed E-state index contributed by atoms with van der Waals surface area (Å²) in [6, 6.07) is 0. The van der Waals surface area contributed by atoms with Gasteiger partial charge < -0.3 is 4.79 Å². The van der Waals surface area contributed by atoms with Gasteiger partial charge >= 0.3 is 0 Å². The van der Waals surface area contributed by atoms with Crippen LogP contribution in [0.2, 0.25) is 0 Å². The monoisotopic (exact) mass is 228 g/mol. The van der Waals surface area contributed by atoms with E-state index in [1.165, 1.54) is 32.1 Å². The van der Waals surface area contributed by atoms with E-state index in [4.69, 9.17) is 5.84 Å². The van der Waals surface area contributed by atoms with E-state index < -0.39 is 0 Å². The van der Waals surface area contributed by atoms with Gasteiger partial charge in [-0.3, -0.25) is 9.80 Å². The number of nitrogens with zero attached hydrogens (tertiary/aromatic N) is 1. The summed E-state index contributed by atoms with van der Waals surface area (Å²) in [6.45, 7) is 2.19. The highest BCUT2D eigenvalue weighted by atomic mass is 16.2. The molecule has 1 amide bonds. The van der Waals surface area contributed by atoms with Crippen LogP contribution < -0.4 is 5.84 Å². The van der Waals surface area contributed by atoms with Gasteiger partial charge in [-0.15, -0.1) is 0 Å². The molecule has 0 heterocycles. The van der Waals surface area contributed by atoms with E-state index in [-0.39, 0.29) is 12.5 Å². The molecule has 0 aromatic carbocycles. The maximum Gasteiger partial charge on any atom is 0.236 e. The number of aldehydes is 1. The van der Waals surface area contributed by atoms with Gasteiger partial charge in [-0.25, -0.2) is 5.84 Å². The van der Waals surface area contributed by atoms with Gasteiger partial charge in [-0.2, -0.15) is 0 Å². The third kappa shape index (κ3) is 8.41. The fraction of sp³-hybridized carbons (Fsp3) is 0.833. The van der Waals surface area contributed by atoms with Crippen LogP contribution in [0.4, 0.5) is 0 Å². The minimum atomic E-state index is -0.138. The summed E-state index contributed by atoms with van der Waals surface area (Å²) in [7, 11) is 0. The van der Waals surface area contributed by atoms with Crippen molar-refractivity contribution in [3.8, 4) is 0 Å².